The third-order valence-corrected chi connectivity index (χ3v) is 12.0. The third kappa shape index (κ3) is 9.38. The van der Waals surface area contributed by atoms with Crippen molar-refractivity contribution in [1.82, 2.24) is 49.3 Å². The van der Waals surface area contributed by atoms with Gasteiger partial charge >= 0.3 is 0 Å². The lowest BCUT2D eigenvalue weighted by atomic mass is 10.0. The molecule has 0 N–H and O–H groups in total. The highest BCUT2D eigenvalue weighted by atomic mass is 19.1. The lowest BCUT2D eigenvalue weighted by Crippen LogP contribution is -2.29. The Morgan fingerprint density at radius 1 is 0.508 bits per heavy atom. The van der Waals surface area contributed by atoms with Gasteiger partial charge in [-0.3, -0.25) is 19.3 Å². The van der Waals surface area contributed by atoms with Crippen molar-refractivity contribution in [2.75, 3.05) is 76.3 Å². The number of hydrogen-bond donors (Lipinski definition) is 0. The van der Waals surface area contributed by atoms with Crippen LogP contribution in [0.4, 0.5) is 16.0 Å². The van der Waals surface area contributed by atoms with Gasteiger partial charge in [0.15, 0.2) is 0 Å². The maximum absolute atomic E-state index is 14.5. The number of halogens is 1. The van der Waals surface area contributed by atoms with E-state index in [1.165, 1.54) is 12.1 Å². The van der Waals surface area contributed by atoms with Gasteiger partial charge in [0.1, 0.15) is 23.5 Å². The van der Waals surface area contributed by atoms with Crippen LogP contribution in [0.15, 0.2) is 104 Å². The molecule has 65 heavy (non-hydrogen) atoms. The third-order valence-electron chi connectivity index (χ3n) is 12.0. The number of rotatable bonds is 6. The van der Waals surface area contributed by atoms with Crippen molar-refractivity contribution in [2.24, 2.45) is 14.1 Å². The Balaban J connectivity index is 0.000000164. The molecule has 10 rings (SSSR count). The number of aromatic nitrogens is 8. The van der Waals surface area contributed by atoms with Crippen molar-refractivity contribution in [3.05, 3.63) is 121 Å². The van der Waals surface area contributed by atoms with Gasteiger partial charge in [0.2, 0.25) is 0 Å². The van der Waals surface area contributed by atoms with Gasteiger partial charge in [-0.05, 0) is 88.6 Å². The number of likely N-dealkylation sites (N-methyl/N-ethyl adjacent to an activating group) is 2. The Labute approximate surface area is 377 Å². The average molecular weight is 865 g/mol. The second-order valence-corrected chi connectivity index (χ2v) is 16.8. The summed E-state index contributed by atoms with van der Waals surface area (Å²) in [7, 11) is 8.10. The van der Waals surface area contributed by atoms with Gasteiger partial charge in [-0.25, -0.2) is 14.4 Å². The number of aryl methyl sites for hydroxylation is 2. The molecule has 8 aromatic rings. The molecule has 0 bridgehead atoms. The normalized spacial score (nSPS) is 14.9. The van der Waals surface area contributed by atoms with Crippen molar-refractivity contribution in [2.45, 2.75) is 12.8 Å². The molecule has 4 aromatic heterocycles. The van der Waals surface area contributed by atoms with E-state index in [1.54, 1.807) is 16.9 Å². The van der Waals surface area contributed by atoms with Crippen LogP contribution in [0, 0.1) is 28.5 Å². The number of nitriles is 2. The monoisotopic (exact) mass is 864 g/mol. The van der Waals surface area contributed by atoms with Gasteiger partial charge in [-0.2, -0.15) is 20.7 Å². The standard InChI is InChI=1S/C25H24FN7.C25H25N7/c1-31-8-3-9-33(11-10-31)23-15-28-24(17-6-7-22-20(12-17)16-32(2)30-22)25(29-23)18-4-5-19(14-27)21(26)13-18;1-30-10-3-11-32(13-12-30)23-16-27-24(20-8-9-22-21(14-20)17-31(2)29-22)25(28-23)19-6-4-18(15-26)5-7-19/h4-7,12-13,15-16H,3,8-11H2,1-2H3;4-9,14,16-17H,3,10-13H2,1-2H3. The van der Waals surface area contributed by atoms with Crippen LogP contribution in [0.3, 0.4) is 0 Å². The topological polar surface area (TPSA) is 148 Å². The minimum absolute atomic E-state index is 0.0109. The molecule has 0 radical (unpaired) electrons. The Morgan fingerprint density at radius 2 is 0.985 bits per heavy atom. The van der Waals surface area contributed by atoms with Gasteiger partial charge in [0.05, 0.1) is 63.4 Å². The fraction of sp³-hybridized carbons (Fsp3) is 0.280. The maximum atomic E-state index is 14.5. The number of anilines is 2. The molecule has 2 saturated heterocycles. The second kappa shape index (κ2) is 18.6. The summed E-state index contributed by atoms with van der Waals surface area (Å²) in [5.41, 5.74) is 8.83. The van der Waals surface area contributed by atoms with Gasteiger partial charge < -0.3 is 19.6 Å². The first-order valence-corrected chi connectivity index (χ1v) is 21.8. The van der Waals surface area contributed by atoms with E-state index in [0.29, 0.717) is 22.5 Å². The van der Waals surface area contributed by atoms with E-state index in [-0.39, 0.29) is 5.56 Å². The first-order chi connectivity index (χ1) is 31.6. The first kappa shape index (κ1) is 42.7. The predicted molar refractivity (Wildman–Crippen MR) is 252 cm³/mol. The molecule has 0 aliphatic carbocycles. The number of hydrogen-bond acceptors (Lipinski definition) is 12. The van der Waals surface area contributed by atoms with Crippen molar-refractivity contribution >= 4 is 33.4 Å². The van der Waals surface area contributed by atoms with Crippen LogP contribution in [0.25, 0.3) is 66.8 Å². The van der Waals surface area contributed by atoms with Gasteiger partial charge in [-0.15, -0.1) is 0 Å². The summed E-state index contributed by atoms with van der Waals surface area (Å²) < 4.78 is 18.1. The fourth-order valence-corrected chi connectivity index (χ4v) is 8.49. The Hall–Kier alpha value is -7.59. The lowest BCUT2D eigenvalue weighted by molar-refractivity contribution is 0.360. The molecule has 14 nitrogen and oxygen atoms in total. The molecule has 2 aliphatic rings. The molecule has 0 unspecified atom stereocenters. The molecule has 0 spiro atoms. The first-order valence-electron chi connectivity index (χ1n) is 21.8. The highest BCUT2D eigenvalue weighted by molar-refractivity contribution is 5.89. The minimum Gasteiger partial charge on any atom is -0.354 e. The zero-order valence-electron chi connectivity index (χ0n) is 37.0. The molecule has 326 valence electrons. The average Bonchev–Trinajstić information content (AvgIpc) is 3.71. The molecule has 6 heterocycles. The molecule has 15 heteroatoms. The lowest BCUT2D eigenvalue weighted by Gasteiger charge is -2.22. The predicted octanol–water partition coefficient (Wildman–Crippen LogP) is 7.56. The van der Waals surface area contributed by atoms with Gasteiger partial charge in [-0.1, -0.05) is 30.3 Å². The van der Waals surface area contributed by atoms with E-state index >= 15 is 0 Å². The summed E-state index contributed by atoms with van der Waals surface area (Å²) in [4.78, 5) is 29.0. The molecular weight excluding hydrogens is 816 g/mol. The van der Waals surface area contributed by atoms with Crippen molar-refractivity contribution in [1.29, 1.82) is 10.5 Å². The van der Waals surface area contributed by atoms with E-state index < -0.39 is 5.82 Å². The zero-order chi connectivity index (χ0) is 45.0. The largest absolute Gasteiger partial charge is 0.354 e. The molecule has 0 saturated carbocycles. The molecular formula is C50H49FN14. The summed E-state index contributed by atoms with van der Waals surface area (Å²) in [5, 5.41) is 29.3. The van der Waals surface area contributed by atoms with Crippen molar-refractivity contribution in [3.8, 4) is 57.2 Å². The summed E-state index contributed by atoms with van der Waals surface area (Å²) in [6, 6.07) is 28.4. The van der Waals surface area contributed by atoms with E-state index in [4.69, 9.17) is 25.2 Å². The summed E-state index contributed by atoms with van der Waals surface area (Å²) >= 11 is 0. The number of benzene rings is 4. The quantitative estimate of drug-likeness (QED) is 0.163. The fourth-order valence-electron chi connectivity index (χ4n) is 8.49. The van der Waals surface area contributed by atoms with Crippen molar-refractivity contribution < 1.29 is 4.39 Å². The highest BCUT2D eigenvalue weighted by Gasteiger charge is 2.21. The van der Waals surface area contributed by atoms with Crippen LogP contribution in [0.1, 0.15) is 24.0 Å². The van der Waals surface area contributed by atoms with E-state index in [0.717, 1.165) is 127 Å². The number of nitrogens with zero attached hydrogens (tertiary/aromatic N) is 14. The smallest absolute Gasteiger partial charge is 0.147 e. The van der Waals surface area contributed by atoms with Gasteiger partial charge in [0, 0.05) is 98.8 Å². The molecule has 0 amide bonds. The van der Waals surface area contributed by atoms with Gasteiger partial charge in [0.25, 0.3) is 0 Å². The molecule has 4 aromatic carbocycles. The summed E-state index contributed by atoms with van der Waals surface area (Å²) in [5.74, 6) is 1.11. The molecule has 2 aliphatic heterocycles. The van der Waals surface area contributed by atoms with E-state index in [9.17, 15) is 9.65 Å². The Kier molecular flexibility index (Phi) is 12.2. The van der Waals surface area contributed by atoms with E-state index in [2.05, 4.69) is 56.0 Å². The minimum atomic E-state index is -0.563. The van der Waals surface area contributed by atoms with Crippen LogP contribution in [0.2, 0.25) is 0 Å². The Bertz CT molecular complexity index is 3090. The molecule has 0 atom stereocenters. The van der Waals surface area contributed by atoms with Crippen LogP contribution in [-0.2, 0) is 14.1 Å². The second-order valence-electron chi connectivity index (χ2n) is 16.8. The van der Waals surface area contributed by atoms with Crippen LogP contribution >= 0.6 is 0 Å². The van der Waals surface area contributed by atoms with E-state index in [1.807, 2.05) is 98.0 Å². The maximum Gasteiger partial charge on any atom is 0.147 e. The Morgan fingerprint density at radius 3 is 1.48 bits per heavy atom. The van der Waals surface area contributed by atoms with Crippen LogP contribution < -0.4 is 9.80 Å². The zero-order valence-corrected chi connectivity index (χ0v) is 37.0. The summed E-state index contributed by atoms with van der Waals surface area (Å²) in [6.45, 7) is 7.73. The van der Waals surface area contributed by atoms with Crippen LogP contribution in [-0.4, -0.2) is 116 Å². The molecule has 2 fully saturated rings. The van der Waals surface area contributed by atoms with Crippen molar-refractivity contribution in [3.63, 3.8) is 0 Å². The highest BCUT2D eigenvalue weighted by Crippen LogP contribution is 2.35. The summed E-state index contributed by atoms with van der Waals surface area (Å²) in [6.07, 6.45) is 9.80. The van der Waals surface area contributed by atoms with Crippen LogP contribution in [0.5, 0.6) is 0 Å². The SMILES string of the molecule is CN1CCCN(c2cnc(-c3ccc4nn(C)cc4c3)c(-c3ccc(C#N)c(F)c3)n2)CC1.CN1CCCN(c2cnc(-c3ccc4nn(C)cc4c3)c(-c3ccc(C#N)cc3)n2)CC1. The number of fused-ring (bicyclic) bond motifs is 2.